The highest BCUT2D eigenvalue weighted by Crippen LogP contribution is 2.34. The molecule has 1 aromatic carbocycles. The lowest BCUT2D eigenvalue weighted by molar-refractivity contribution is -0.152. The number of methoxy groups -OCH3 is 1. The number of amides is 4. The monoisotopic (exact) mass is 389 g/mol. The van der Waals surface area contributed by atoms with Gasteiger partial charge in [-0.2, -0.15) is 0 Å². The van der Waals surface area contributed by atoms with E-state index in [2.05, 4.69) is 10.6 Å². The number of anilines is 1. The van der Waals surface area contributed by atoms with Crippen LogP contribution in [0.4, 0.5) is 10.5 Å². The van der Waals surface area contributed by atoms with Crippen LogP contribution in [0.25, 0.3) is 0 Å². The van der Waals surface area contributed by atoms with Crippen LogP contribution in [0.2, 0.25) is 0 Å². The first kappa shape index (κ1) is 19.7. The number of benzene rings is 1. The summed E-state index contributed by atoms with van der Waals surface area (Å²) >= 11 is 0. The van der Waals surface area contributed by atoms with Crippen molar-refractivity contribution in [1.82, 2.24) is 10.6 Å². The van der Waals surface area contributed by atoms with E-state index in [0.29, 0.717) is 11.4 Å². The van der Waals surface area contributed by atoms with Crippen molar-refractivity contribution in [2.45, 2.75) is 32.2 Å². The molecule has 0 aromatic heterocycles. The van der Waals surface area contributed by atoms with E-state index in [4.69, 9.17) is 9.47 Å². The van der Waals surface area contributed by atoms with E-state index >= 15 is 0 Å². The minimum atomic E-state index is -0.715. The minimum Gasteiger partial charge on any atom is -0.495 e. The Balaban J connectivity index is 1.53. The highest BCUT2D eigenvalue weighted by molar-refractivity contribution is 6.01. The third kappa shape index (κ3) is 4.79. The van der Waals surface area contributed by atoms with Gasteiger partial charge in [0.1, 0.15) is 5.75 Å². The Morgan fingerprint density at radius 2 is 2.00 bits per heavy atom. The second kappa shape index (κ2) is 8.28. The lowest BCUT2D eigenvalue weighted by Gasteiger charge is -2.20. The summed E-state index contributed by atoms with van der Waals surface area (Å²) in [6.07, 6.45) is 1.78. The molecular weight excluding hydrogens is 366 g/mol. The molecule has 1 aromatic rings. The molecule has 0 bridgehead atoms. The molecule has 2 fully saturated rings. The highest BCUT2D eigenvalue weighted by Gasteiger charge is 2.37. The highest BCUT2D eigenvalue weighted by atomic mass is 16.5. The van der Waals surface area contributed by atoms with Gasteiger partial charge in [-0.1, -0.05) is 6.07 Å². The van der Waals surface area contributed by atoms with Crippen LogP contribution in [0.5, 0.6) is 5.75 Å². The standard InChI is InChI=1S/C19H23N3O6/c1-11-3-6-15(27-2)14(7-11)22-9-12(8-17(22)24)18(25)28-10-16(23)21-19(26)20-13-4-5-13/h3,6-7,12-13H,4-5,8-10H2,1-2H3,(H2,20,21,23,26)/t12-/m1/s1. The van der Waals surface area contributed by atoms with Gasteiger partial charge in [0, 0.05) is 19.0 Å². The van der Waals surface area contributed by atoms with Gasteiger partial charge >= 0.3 is 12.0 Å². The number of imide groups is 1. The molecule has 2 aliphatic rings. The van der Waals surface area contributed by atoms with Crippen LogP contribution in [-0.4, -0.2) is 50.1 Å². The summed E-state index contributed by atoms with van der Waals surface area (Å²) in [4.78, 5) is 49.3. The average molecular weight is 389 g/mol. The van der Waals surface area contributed by atoms with Gasteiger partial charge in [0.25, 0.3) is 5.91 Å². The van der Waals surface area contributed by atoms with Crippen LogP contribution in [0.1, 0.15) is 24.8 Å². The summed E-state index contributed by atoms with van der Waals surface area (Å²) in [6, 6.07) is 4.96. The molecule has 150 valence electrons. The molecule has 28 heavy (non-hydrogen) atoms. The molecule has 1 aliphatic carbocycles. The first-order valence-corrected chi connectivity index (χ1v) is 9.09. The van der Waals surface area contributed by atoms with Crippen molar-refractivity contribution in [3.8, 4) is 5.75 Å². The fourth-order valence-electron chi connectivity index (χ4n) is 2.98. The number of carbonyl (C=O) groups is 4. The topological polar surface area (TPSA) is 114 Å². The Bertz CT molecular complexity index is 805. The zero-order chi connectivity index (χ0) is 20.3. The second-order valence-corrected chi connectivity index (χ2v) is 6.98. The summed E-state index contributed by atoms with van der Waals surface area (Å²) < 4.78 is 10.3. The SMILES string of the molecule is COc1ccc(C)cc1N1C[C@H](C(=O)OCC(=O)NC(=O)NC2CC2)CC1=O. The van der Waals surface area contributed by atoms with Crippen molar-refractivity contribution < 1.29 is 28.7 Å². The summed E-state index contributed by atoms with van der Waals surface area (Å²) in [5.74, 6) is -1.74. The fraction of sp³-hybridized carbons (Fsp3) is 0.474. The number of urea groups is 1. The number of rotatable bonds is 6. The smallest absolute Gasteiger partial charge is 0.321 e. The van der Waals surface area contributed by atoms with Crippen molar-refractivity contribution in [2.75, 3.05) is 25.2 Å². The Labute approximate surface area is 162 Å². The molecular formula is C19H23N3O6. The number of nitrogens with zero attached hydrogens (tertiary/aromatic N) is 1. The van der Waals surface area contributed by atoms with Gasteiger partial charge in [-0.3, -0.25) is 19.7 Å². The molecule has 1 heterocycles. The molecule has 9 nitrogen and oxygen atoms in total. The molecule has 4 amide bonds. The predicted molar refractivity (Wildman–Crippen MR) is 98.8 cm³/mol. The maximum atomic E-state index is 12.4. The number of aryl methyl sites for hydroxylation is 1. The maximum absolute atomic E-state index is 12.4. The predicted octanol–water partition coefficient (Wildman–Crippen LogP) is 0.888. The summed E-state index contributed by atoms with van der Waals surface area (Å²) in [7, 11) is 1.51. The first-order valence-electron chi connectivity index (χ1n) is 9.09. The van der Waals surface area contributed by atoms with E-state index in [1.807, 2.05) is 19.1 Å². The zero-order valence-corrected chi connectivity index (χ0v) is 15.8. The van der Waals surface area contributed by atoms with Crippen molar-refractivity contribution >= 4 is 29.5 Å². The number of hydrogen-bond donors (Lipinski definition) is 2. The Kier molecular flexibility index (Phi) is 5.81. The zero-order valence-electron chi connectivity index (χ0n) is 15.8. The molecule has 9 heteroatoms. The van der Waals surface area contributed by atoms with Gasteiger partial charge in [-0.05, 0) is 37.5 Å². The second-order valence-electron chi connectivity index (χ2n) is 6.98. The van der Waals surface area contributed by atoms with Gasteiger partial charge in [-0.25, -0.2) is 4.79 Å². The van der Waals surface area contributed by atoms with Crippen LogP contribution < -0.4 is 20.3 Å². The molecule has 3 rings (SSSR count). The molecule has 0 unspecified atom stereocenters. The number of nitrogens with one attached hydrogen (secondary N) is 2. The van der Waals surface area contributed by atoms with Crippen LogP contribution in [0, 0.1) is 12.8 Å². The van der Waals surface area contributed by atoms with Gasteiger partial charge in [0.15, 0.2) is 6.61 Å². The van der Waals surface area contributed by atoms with E-state index in [1.165, 1.54) is 12.0 Å². The normalized spacial score (nSPS) is 18.6. The van der Waals surface area contributed by atoms with E-state index in [-0.39, 0.29) is 24.9 Å². The summed E-state index contributed by atoms with van der Waals surface area (Å²) in [6.45, 7) is 1.46. The third-order valence-corrected chi connectivity index (χ3v) is 4.59. The van der Waals surface area contributed by atoms with E-state index in [9.17, 15) is 19.2 Å². The maximum Gasteiger partial charge on any atom is 0.321 e. The minimum absolute atomic E-state index is 0.0142. The molecule has 1 saturated carbocycles. The van der Waals surface area contributed by atoms with Gasteiger partial charge < -0.3 is 19.7 Å². The van der Waals surface area contributed by atoms with Crippen molar-refractivity contribution in [2.24, 2.45) is 5.92 Å². The average Bonchev–Trinajstić information content (AvgIpc) is 3.38. The molecule has 1 aliphatic heterocycles. The van der Waals surface area contributed by atoms with Crippen LogP contribution in [0.3, 0.4) is 0 Å². The largest absolute Gasteiger partial charge is 0.495 e. The van der Waals surface area contributed by atoms with Gasteiger partial charge in [0.05, 0.1) is 18.7 Å². The number of esters is 1. The van der Waals surface area contributed by atoms with Crippen LogP contribution in [0.15, 0.2) is 18.2 Å². The van der Waals surface area contributed by atoms with Gasteiger partial charge in [-0.15, -0.1) is 0 Å². The summed E-state index contributed by atoms with van der Waals surface area (Å²) in [5, 5.41) is 4.70. The Morgan fingerprint density at radius 1 is 1.25 bits per heavy atom. The van der Waals surface area contributed by atoms with E-state index in [1.54, 1.807) is 6.07 Å². The Morgan fingerprint density at radius 3 is 2.68 bits per heavy atom. The van der Waals surface area contributed by atoms with Crippen molar-refractivity contribution in [3.63, 3.8) is 0 Å². The van der Waals surface area contributed by atoms with Gasteiger partial charge in [0.2, 0.25) is 5.91 Å². The van der Waals surface area contributed by atoms with E-state index < -0.39 is 30.4 Å². The lowest BCUT2D eigenvalue weighted by Crippen LogP contribution is -2.42. The molecule has 1 atom stereocenters. The number of hydrogen-bond acceptors (Lipinski definition) is 6. The molecule has 1 saturated heterocycles. The van der Waals surface area contributed by atoms with Crippen molar-refractivity contribution in [1.29, 1.82) is 0 Å². The molecule has 0 radical (unpaired) electrons. The van der Waals surface area contributed by atoms with Crippen molar-refractivity contribution in [3.05, 3.63) is 23.8 Å². The lowest BCUT2D eigenvalue weighted by atomic mass is 10.1. The number of ether oxygens (including phenoxy) is 2. The molecule has 2 N–H and O–H groups in total. The first-order chi connectivity index (χ1) is 13.4. The van der Waals surface area contributed by atoms with E-state index in [0.717, 1.165) is 18.4 Å². The Hall–Kier alpha value is -3.10. The third-order valence-electron chi connectivity index (χ3n) is 4.59. The van der Waals surface area contributed by atoms with Crippen LogP contribution >= 0.6 is 0 Å². The quantitative estimate of drug-likeness (QED) is 0.699. The fourth-order valence-corrected chi connectivity index (χ4v) is 2.98. The molecule has 0 spiro atoms. The van der Waals surface area contributed by atoms with Crippen LogP contribution in [-0.2, 0) is 19.1 Å². The number of carbonyl (C=O) groups excluding carboxylic acids is 4. The summed E-state index contributed by atoms with van der Waals surface area (Å²) in [5.41, 5.74) is 1.55.